The third-order valence-electron chi connectivity index (χ3n) is 3.22. The molecule has 0 spiro atoms. The van der Waals surface area contributed by atoms with Crippen molar-refractivity contribution in [2.75, 3.05) is 31.2 Å². The molecule has 0 fully saturated rings. The van der Waals surface area contributed by atoms with Crippen LogP contribution in [0.25, 0.3) is 0 Å². The first-order valence-electron chi connectivity index (χ1n) is 7.17. The van der Waals surface area contributed by atoms with Gasteiger partial charge in [0.2, 0.25) is 11.8 Å². The Morgan fingerprint density at radius 1 is 1.32 bits per heavy atom. The fourth-order valence-electron chi connectivity index (χ4n) is 2.16. The molecule has 1 aliphatic rings. The molecule has 6 heteroatoms. The highest BCUT2D eigenvalue weighted by Gasteiger charge is 2.17. The van der Waals surface area contributed by atoms with Crippen molar-refractivity contribution in [2.45, 2.75) is 13.3 Å². The van der Waals surface area contributed by atoms with Crippen molar-refractivity contribution in [3.63, 3.8) is 0 Å². The number of nitrogens with one attached hydrogen (secondary N) is 1. The lowest BCUT2D eigenvalue weighted by atomic mass is 10.2. The highest BCUT2D eigenvalue weighted by atomic mass is 16.6. The number of amides is 2. The van der Waals surface area contributed by atoms with Gasteiger partial charge in [-0.05, 0) is 12.1 Å². The summed E-state index contributed by atoms with van der Waals surface area (Å²) in [6, 6.07) is 5.33. The van der Waals surface area contributed by atoms with Gasteiger partial charge in [0.25, 0.3) is 0 Å². The molecule has 0 radical (unpaired) electrons. The van der Waals surface area contributed by atoms with E-state index in [2.05, 4.69) is 11.9 Å². The first kappa shape index (κ1) is 15.9. The van der Waals surface area contributed by atoms with Crippen molar-refractivity contribution in [1.82, 2.24) is 5.32 Å². The van der Waals surface area contributed by atoms with Crippen LogP contribution in [0, 0.1) is 0 Å². The van der Waals surface area contributed by atoms with E-state index < -0.39 is 0 Å². The van der Waals surface area contributed by atoms with Gasteiger partial charge < -0.3 is 19.7 Å². The molecule has 0 aliphatic carbocycles. The number of hydrogen-bond acceptors (Lipinski definition) is 4. The van der Waals surface area contributed by atoms with Crippen molar-refractivity contribution < 1.29 is 19.1 Å². The summed E-state index contributed by atoms with van der Waals surface area (Å²) < 4.78 is 11.0. The maximum absolute atomic E-state index is 11.8. The fraction of sp³-hybridized carbons (Fsp3) is 0.375. The number of ether oxygens (including phenoxy) is 2. The Balaban J connectivity index is 2.06. The third kappa shape index (κ3) is 4.00. The van der Waals surface area contributed by atoms with Crippen LogP contribution in [-0.2, 0) is 9.59 Å². The minimum absolute atomic E-state index is 0.122. The lowest BCUT2D eigenvalue weighted by Gasteiger charge is -2.24. The van der Waals surface area contributed by atoms with Crippen LogP contribution in [-0.4, -0.2) is 38.1 Å². The molecule has 1 aromatic rings. The Labute approximate surface area is 129 Å². The molecular formula is C16H20N2O4. The molecule has 1 heterocycles. The molecule has 0 aromatic heterocycles. The number of nitrogens with zero attached hydrogens (tertiary/aromatic N) is 1. The van der Waals surface area contributed by atoms with E-state index >= 15 is 0 Å². The number of benzene rings is 1. The van der Waals surface area contributed by atoms with E-state index in [1.165, 1.54) is 6.92 Å². The SMILES string of the molecule is C=CCNC(=O)CCN(C(C)=O)c1ccc2c(c1)OCCO2. The van der Waals surface area contributed by atoms with Gasteiger partial charge in [0.1, 0.15) is 13.2 Å². The summed E-state index contributed by atoms with van der Waals surface area (Å²) in [5.74, 6) is 1.03. The predicted molar refractivity (Wildman–Crippen MR) is 83.3 cm³/mol. The maximum atomic E-state index is 11.8. The van der Waals surface area contributed by atoms with Crippen LogP contribution >= 0.6 is 0 Å². The molecule has 1 aromatic carbocycles. The van der Waals surface area contributed by atoms with Gasteiger partial charge in [-0.1, -0.05) is 6.08 Å². The molecule has 118 valence electrons. The lowest BCUT2D eigenvalue weighted by Crippen LogP contribution is -2.34. The summed E-state index contributed by atoms with van der Waals surface area (Å²) in [5.41, 5.74) is 0.688. The highest BCUT2D eigenvalue weighted by molar-refractivity contribution is 5.92. The van der Waals surface area contributed by atoms with Crippen LogP contribution in [0.4, 0.5) is 5.69 Å². The van der Waals surface area contributed by atoms with Crippen molar-refractivity contribution in [3.8, 4) is 11.5 Å². The molecule has 2 amide bonds. The topological polar surface area (TPSA) is 67.9 Å². The zero-order chi connectivity index (χ0) is 15.9. The van der Waals surface area contributed by atoms with Gasteiger partial charge >= 0.3 is 0 Å². The largest absolute Gasteiger partial charge is 0.486 e. The van der Waals surface area contributed by atoms with E-state index in [0.717, 1.165) is 0 Å². The van der Waals surface area contributed by atoms with E-state index in [9.17, 15) is 9.59 Å². The molecule has 1 aliphatic heterocycles. The van der Waals surface area contributed by atoms with Gasteiger partial charge in [-0.15, -0.1) is 6.58 Å². The Hall–Kier alpha value is -2.50. The van der Waals surface area contributed by atoms with E-state index in [1.54, 1.807) is 29.2 Å². The number of carbonyl (C=O) groups is 2. The van der Waals surface area contributed by atoms with E-state index in [0.29, 0.717) is 43.5 Å². The van der Waals surface area contributed by atoms with Gasteiger partial charge in [0.15, 0.2) is 11.5 Å². The molecule has 0 bridgehead atoms. The maximum Gasteiger partial charge on any atom is 0.223 e. The Morgan fingerprint density at radius 3 is 2.73 bits per heavy atom. The number of anilines is 1. The second-order valence-corrected chi connectivity index (χ2v) is 4.84. The molecule has 6 nitrogen and oxygen atoms in total. The Bertz CT molecular complexity index is 571. The van der Waals surface area contributed by atoms with Gasteiger partial charge in [0, 0.05) is 38.2 Å². The first-order chi connectivity index (χ1) is 10.6. The summed E-state index contributed by atoms with van der Waals surface area (Å²) in [5, 5.41) is 2.69. The standard InChI is InChI=1S/C16H20N2O4/c1-3-7-17-16(20)6-8-18(12(2)19)13-4-5-14-15(11-13)22-10-9-21-14/h3-5,11H,1,6-10H2,2H3,(H,17,20). The number of carbonyl (C=O) groups excluding carboxylic acids is 2. The zero-order valence-corrected chi connectivity index (χ0v) is 12.6. The minimum Gasteiger partial charge on any atom is -0.486 e. The van der Waals surface area contributed by atoms with Crippen LogP contribution in [0.2, 0.25) is 0 Å². The van der Waals surface area contributed by atoms with Gasteiger partial charge in [-0.3, -0.25) is 9.59 Å². The summed E-state index contributed by atoms with van der Waals surface area (Å²) in [6.07, 6.45) is 1.84. The third-order valence-corrected chi connectivity index (χ3v) is 3.22. The molecule has 1 N–H and O–H groups in total. The Morgan fingerprint density at radius 2 is 2.05 bits per heavy atom. The van der Waals surface area contributed by atoms with Crippen molar-refractivity contribution >= 4 is 17.5 Å². The molecule has 0 saturated carbocycles. The van der Waals surface area contributed by atoms with Gasteiger partial charge in [-0.2, -0.15) is 0 Å². The predicted octanol–water partition coefficient (Wildman–Crippen LogP) is 1.50. The number of fused-ring (bicyclic) bond motifs is 1. The Kier molecular flexibility index (Phi) is 5.41. The highest BCUT2D eigenvalue weighted by Crippen LogP contribution is 2.34. The molecule has 0 unspecified atom stereocenters. The zero-order valence-electron chi connectivity index (χ0n) is 12.6. The van der Waals surface area contributed by atoms with E-state index in [1.807, 2.05) is 0 Å². The van der Waals surface area contributed by atoms with Crippen LogP contribution in [0.3, 0.4) is 0 Å². The van der Waals surface area contributed by atoms with Crippen LogP contribution < -0.4 is 19.7 Å². The molecule has 2 rings (SSSR count). The second-order valence-electron chi connectivity index (χ2n) is 4.84. The number of rotatable bonds is 6. The smallest absolute Gasteiger partial charge is 0.223 e. The van der Waals surface area contributed by atoms with Crippen LogP contribution in [0.15, 0.2) is 30.9 Å². The molecule has 22 heavy (non-hydrogen) atoms. The average Bonchev–Trinajstić information content (AvgIpc) is 2.52. The number of hydrogen-bond donors (Lipinski definition) is 1. The van der Waals surface area contributed by atoms with Crippen molar-refractivity contribution in [3.05, 3.63) is 30.9 Å². The summed E-state index contributed by atoms with van der Waals surface area (Å²) >= 11 is 0. The minimum atomic E-state index is -0.131. The normalized spacial score (nSPS) is 12.4. The summed E-state index contributed by atoms with van der Waals surface area (Å²) in [7, 11) is 0. The van der Waals surface area contributed by atoms with E-state index in [-0.39, 0.29) is 18.2 Å². The quantitative estimate of drug-likeness (QED) is 0.809. The first-order valence-corrected chi connectivity index (χ1v) is 7.17. The van der Waals surface area contributed by atoms with Crippen molar-refractivity contribution in [2.24, 2.45) is 0 Å². The van der Waals surface area contributed by atoms with E-state index in [4.69, 9.17) is 9.47 Å². The summed E-state index contributed by atoms with van der Waals surface area (Å²) in [4.78, 5) is 25.0. The van der Waals surface area contributed by atoms with Crippen LogP contribution in [0.1, 0.15) is 13.3 Å². The summed E-state index contributed by atoms with van der Waals surface area (Å²) in [6.45, 7) is 6.74. The van der Waals surface area contributed by atoms with Gasteiger partial charge in [-0.25, -0.2) is 0 Å². The monoisotopic (exact) mass is 304 g/mol. The molecular weight excluding hydrogens is 284 g/mol. The fourth-order valence-corrected chi connectivity index (χ4v) is 2.16. The van der Waals surface area contributed by atoms with Gasteiger partial charge in [0.05, 0.1) is 0 Å². The average molecular weight is 304 g/mol. The van der Waals surface area contributed by atoms with Crippen molar-refractivity contribution in [1.29, 1.82) is 0 Å². The van der Waals surface area contributed by atoms with Crippen LogP contribution in [0.5, 0.6) is 11.5 Å². The molecule has 0 saturated heterocycles. The second kappa shape index (κ2) is 7.49. The molecule has 0 atom stereocenters. The lowest BCUT2D eigenvalue weighted by molar-refractivity contribution is -0.120.